The number of benzene rings is 1. The zero-order chi connectivity index (χ0) is 18.2. The van der Waals surface area contributed by atoms with Crippen LogP contribution in [0.3, 0.4) is 0 Å². The molecule has 0 saturated carbocycles. The lowest BCUT2D eigenvalue weighted by molar-refractivity contribution is 0.100. The van der Waals surface area contributed by atoms with Crippen molar-refractivity contribution in [2.24, 2.45) is 5.92 Å². The standard InChI is InChI=1S/C18H30ClNO3S/c1-4-6-7-8-9-17(21)18(14(3)5-2)20-24(22,23)16-12-10-15(19)11-13-16/h10-14,17-18,20-21H,4-9H2,1-3H3/t14-,17?,18-/m0/s1. The van der Waals surface area contributed by atoms with Crippen LogP contribution in [0, 0.1) is 5.92 Å². The van der Waals surface area contributed by atoms with Crippen molar-refractivity contribution in [3.63, 3.8) is 0 Å². The molecule has 2 N–H and O–H groups in total. The Hall–Kier alpha value is -0.620. The highest BCUT2D eigenvalue weighted by molar-refractivity contribution is 7.89. The third-order valence-electron chi connectivity index (χ3n) is 4.44. The summed E-state index contributed by atoms with van der Waals surface area (Å²) >= 11 is 5.82. The normalized spacial score (nSPS) is 15.9. The number of unbranched alkanes of at least 4 members (excludes halogenated alkanes) is 3. The Morgan fingerprint density at radius 2 is 1.75 bits per heavy atom. The minimum Gasteiger partial charge on any atom is -0.391 e. The first kappa shape index (κ1) is 21.4. The average molecular weight is 376 g/mol. The fourth-order valence-electron chi connectivity index (χ4n) is 2.65. The van der Waals surface area contributed by atoms with Crippen LogP contribution in [0.1, 0.15) is 59.3 Å². The van der Waals surface area contributed by atoms with Crippen LogP contribution in [0.4, 0.5) is 0 Å². The highest BCUT2D eigenvalue weighted by atomic mass is 35.5. The number of aliphatic hydroxyl groups is 1. The highest BCUT2D eigenvalue weighted by Crippen LogP contribution is 2.20. The van der Waals surface area contributed by atoms with Gasteiger partial charge >= 0.3 is 0 Å². The molecular formula is C18H30ClNO3S. The van der Waals surface area contributed by atoms with Gasteiger partial charge in [-0.25, -0.2) is 13.1 Å². The zero-order valence-corrected chi connectivity index (χ0v) is 16.4. The van der Waals surface area contributed by atoms with Gasteiger partial charge < -0.3 is 5.11 Å². The molecule has 1 rings (SSSR count). The largest absolute Gasteiger partial charge is 0.391 e. The Kier molecular flexibility index (Phi) is 9.27. The van der Waals surface area contributed by atoms with Crippen LogP contribution in [0.25, 0.3) is 0 Å². The van der Waals surface area contributed by atoms with E-state index in [1.54, 1.807) is 12.1 Å². The maximum atomic E-state index is 12.6. The molecule has 3 atom stereocenters. The lowest BCUT2D eigenvalue weighted by atomic mass is 9.92. The van der Waals surface area contributed by atoms with E-state index in [1.807, 2.05) is 13.8 Å². The second-order valence-electron chi connectivity index (χ2n) is 6.40. The summed E-state index contributed by atoms with van der Waals surface area (Å²) in [5.41, 5.74) is 0. The molecule has 0 radical (unpaired) electrons. The van der Waals surface area contributed by atoms with Crippen LogP contribution in [-0.2, 0) is 10.0 Å². The monoisotopic (exact) mass is 375 g/mol. The van der Waals surface area contributed by atoms with Gasteiger partial charge in [0.05, 0.1) is 17.0 Å². The Morgan fingerprint density at radius 1 is 1.12 bits per heavy atom. The van der Waals surface area contributed by atoms with Crippen LogP contribution in [0.5, 0.6) is 0 Å². The summed E-state index contributed by atoms with van der Waals surface area (Å²) in [5, 5.41) is 11.0. The van der Waals surface area contributed by atoms with E-state index in [4.69, 9.17) is 11.6 Å². The first-order valence-corrected chi connectivity index (χ1v) is 10.6. The van der Waals surface area contributed by atoms with Crippen LogP contribution in [0.15, 0.2) is 29.2 Å². The molecule has 0 bridgehead atoms. The summed E-state index contributed by atoms with van der Waals surface area (Å²) < 4.78 is 27.9. The van der Waals surface area contributed by atoms with Gasteiger partial charge in [0.2, 0.25) is 10.0 Å². The van der Waals surface area contributed by atoms with Crippen molar-refractivity contribution in [3.8, 4) is 0 Å². The van der Waals surface area contributed by atoms with Crippen molar-refractivity contribution in [3.05, 3.63) is 29.3 Å². The molecular weight excluding hydrogens is 346 g/mol. The lowest BCUT2D eigenvalue weighted by Gasteiger charge is -2.29. The molecule has 0 spiro atoms. The van der Waals surface area contributed by atoms with Gasteiger partial charge in [-0.05, 0) is 36.6 Å². The van der Waals surface area contributed by atoms with Crippen LogP contribution >= 0.6 is 11.6 Å². The molecule has 0 saturated heterocycles. The van der Waals surface area contributed by atoms with Gasteiger partial charge in [-0.1, -0.05) is 64.5 Å². The fourth-order valence-corrected chi connectivity index (χ4v) is 4.15. The van der Waals surface area contributed by atoms with Crippen LogP contribution in [-0.4, -0.2) is 25.7 Å². The second kappa shape index (κ2) is 10.4. The topological polar surface area (TPSA) is 66.4 Å². The van der Waals surface area contributed by atoms with Crippen LogP contribution < -0.4 is 4.72 Å². The quantitative estimate of drug-likeness (QED) is 0.564. The highest BCUT2D eigenvalue weighted by Gasteiger charge is 2.29. The molecule has 4 nitrogen and oxygen atoms in total. The minimum absolute atomic E-state index is 0.0493. The Bertz CT molecular complexity index is 574. The van der Waals surface area contributed by atoms with E-state index in [9.17, 15) is 13.5 Å². The van der Waals surface area contributed by atoms with E-state index in [2.05, 4.69) is 11.6 Å². The number of nitrogens with one attached hydrogen (secondary N) is 1. The Balaban J connectivity index is 2.82. The minimum atomic E-state index is -3.68. The third kappa shape index (κ3) is 6.71. The predicted molar refractivity (Wildman–Crippen MR) is 99.8 cm³/mol. The Labute approximate surface area is 151 Å². The molecule has 1 aromatic carbocycles. The van der Waals surface area contributed by atoms with Crippen molar-refractivity contribution in [1.29, 1.82) is 0 Å². The second-order valence-corrected chi connectivity index (χ2v) is 8.55. The number of hydrogen-bond donors (Lipinski definition) is 2. The molecule has 6 heteroatoms. The number of aliphatic hydroxyl groups excluding tert-OH is 1. The molecule has 1 unspecified atom stereocenters. The molecule has 24 heavy (non-hydrogen) atoms. The van der Waals surface area contributed by atoms with Crippen LogP contribution in [0.2, 0.25) is 5.02 Å². The molecule has 0 aromatic heterocycles. The van der Waals surface area contributed by atoms with Crippen molar-refractivity contribution in [2.75, 3.05) is 0 Å². The summed E-state index contributed by atoms with van der Waals surface area (Å²) in [5.74, 6) is 0.0493. The van der Waals surface area contributed by atoms with Gasteiger partial charge in [0.25, 0.3) is 0 Å². The SMILES string of the molecule is CCCCCCC(O)[C@@H](NS(=O)(=O)c1ccc(Cl)cc1)[C@@H](C)CC. The van der Waals surface area contributed by atoms with E-state index in [0.717, 1.165) is 32.1 Å². The van der Waals surface area contributed by atoms with Crippen molar-refractivity contribution in [1.82, 2.24) is 4.72 Å². The molecule has 0 amide bonds. The number of sulfonamides is 1. The van der Waals surface area contributed by atoms with Crippen molar-refractivity contribution < 1.29 is 13.5 Å². The lowest BCUT2D eigenvalue weighted by Crippen LogP contribution is -2.47. The van der Waals surface area contributed by atoms with Gasteiger partial charge in [0.15, 0.2) is 0 Å². The first-order chi connectivity index (χ1) is 11.3. The maximum absolute atomic E-state index is 12.6. The predicted octanol–water partition coefficient (Wildman–Crippen LogP) is 4.36. The summed E-state index contributed by atoms with van der Waals surface area (Å²) in [6, 6.07) is 5.57. The van der Waals surface area contributed by atoms with Gasteiger partial charge in [-0.15, -0.1) is 0 Å². The van der Waals surface area contributed by atoms with Gasteiger partial charge in [0.1, 0.15) is 0 Å². The summed E-state index contributed by atoms with van der Waals surface area (Å²) in [7, 11) is -3.68. The molecule has 138 valence electrons. The number of hydrogen-bond acceptors (Lipinski definition) is 3. The van der Waals surface area contributed by atoms with Crippen molar-refractivity contribution >= 4 is 21.6 Å². The Morgan fingerprint density at radius 3 is 2.29 bits per heavy atom. The molecule has 0 aliphatic carbocycles. The van der Waals surface area contributed by atoms with Gasteiger partial charge in [0, 0.05) is 5.02 Å². The number of halogens is 1. The molecule has 0 heterocycles. The molecule has 1 aromatic rings. The van der Waals surface area contributed by atoms with E-state index in [0.29, 0.717) is 11.4 Å². The molecule has 0 aliphatic rings. The van der Waals surface area contributed by atoms with E-state index in [1.165, 1.54) is 12.1 Å². The smallest absolute Gasteiger partial charge is 0.240 e. The summed E-state index contributed by atoms with van der Waals surface area (Å²) in [4.78, 5) is 0.165. The summed E-state index contributed by atoms with van der Waals surface area (Å²) in [6.07, 6.45) is 4.96. The first-order valence-electron chi connectivity index (χ1n) is 8.77. The maximum Gasteiger partial charge on any atom is 0.240 e. The van der Waals surface area contributed by atoms with E-state index >= 15 is 0 Å². The zero-order valence-electron chi connectivity index (χ0n) is 14.8. The van der Waals surface area contributed by atoms with Gasteiger partial charge in [-0.3, -0.25) is 0 Å². The molecule has 0 fully saturated rings. The average Bonchev–Trinajstić information content (AvgIpc) is 2.56. The van der Waals surface area contributed by atoms with E-state index < -0.39 is 22.2 Å². The van der Waals surface area contributed by atoms with Gasteiger partial charge in [-0.2, -0.15) is 0 Å². The fraction of sp³-hybridized carbons (Fsp3) is 0.667. The third-order valence-corrected chi connectivity index (χ3v) is 6.17. The summed E-state index contributed by atoms with van der Waals surface area (Å²) in [6.45, 7) is 6.10. The number of rotatable bonds is 11. The van der Waals surface area contributed by atoms with Crippen molar-refractivity contribution in [2.45, 2.75) is 76.3 Å². The molecule has 0 aliphatic heterocycles. The van der Waals surface area contributed by atoms with E-state index in [-0.39, 0.29) is 10.8 Å².